The number of methoxy groups -OCH3 is 1. The average Bonchev–Trinajstić information content (AvgIpc) is 2.17. The Labute approximate surface area is 85.9 Å². The lowest BCUT2D eigenvalue weighted by molar-refractivity contribution is -0.157. The number of carbonyl (C=O) groups is 1. The molecule has 0 spiro atoms. The molecule has 0 aliphatic carbocycles. The molecule has 0 aliphatic rings. The Balaban J connectivity index is 3.18. The summed E-state index contributed by atoms with van der Waals surface area (Å²) in [6.07, 6.45) is 0. The highest BCUT2D eigenvalue weighted by atomic mass is 19.1. The van der Waals surface area contributed by atoms with Crippen LogP contribution >= 0.6 is 0 Å². The first-order valence-electron chi connectivity index (χ1n) is 4.19. The van der Waals surface area contributed by atoms with Crippen LogP contribution in [0.1, 0.15) is 12.5 Å². The predicted molar refractivity (Wildman–Crippen MR) is 50.2 cm³/mol. The maximum atomic E-state index is 13.2. The second-order valence-corrected chi connectivity index (χ2v) is 3.23. The van der Waals surface area contributed by atoms with Crippen molar-refractivity contribution in [3.8, 4) is 5.75 Å². The summed E-state index contributed by atoms with van der Waals surface area (Å²) in [5.41, 5.74) is -2.14. The van der Waals surface area contributed by atoms with Crippen molar-refractivity contribution in [2.24, 2.45) is 0 Å². The van der Waals surface area contributed by atoms with Crippen LogP contribution in [0.3, 0.4) is 0 Å². The number of carboxylic acid groups (broad SMARTS) is 1. The molecule has 1 unspecified atom stereocenters. The zero-order valence-corrected chi connectivity index (χ0v) is 8.32. The molecule has 0 radical (unpaired) electrons. The van der Waals surface area contributed by atoms with Gasteiger partial charge in [-0.25, -0.2) is 9.18 Å². The van der Waals surface area contributed by atoms with Crippen LogP contribution in [0.2, 0.25) is 0 Å². The molecule has 0 bridgehead atoms. The Hall–Kier alpha value is -1.62. The van der Waals surface area contributed by atoms with E-state index in [1.807, 2.05) is 0 Å². The molecular weight excluding hydrogens is 203 g/mol. The smallest absolute Gasteiger partial charge is 0.340 e. The van der Waals surface area contributed by atoms with Crippen LogP contribution in [-0.2, 0) is 10.4 Å². The van der Waals surface area contributed by atoms with Crippen LogP contribution in [0.25, 0.3) is 0 Å². The van der Waals surface area contributed by atoms with E-state index < -0.39 is 17.4 Å². The van der Waals surface area contributed by atoms with Gasteiger partial charge in [-0.2, -0.15) is 0 Å². The standard InChI is InChI=1S/C10H11FO4/c1-10(14,9(12)13)6-3-4-8(15-2)7(11)5-6/h3-5,14H,1-2H3,(H,12,13). The second kappa shape index (κ2) is 3.86. The van der Waals surface area contributed by atoms with Crippen LogP contribution in [-0.4, -0.2) is 23.3 Å². The van der Waals surface area contributed by atoms with Crippen LogP contribution in [0, 0.1) is 5.82 Å². The molecule has 5 heteroatoms. The zero-order chi connectivity index (χ0) is 11.6. The van der Waals surface area contributed by atoms with E-state index in [9.17, 15) is 14.3 Å². The van der Waals surface area contributed by atoms with Gasteiger partial charge in [-0.05, 0) is 24.6 Å². The summed E-state index contributed by atoms with van der Waals surface area (Å²) in [6.45, 7) is 1.08. The molecule has 0 aromatic heterocycles. The van der Waals surface area contributed by atoms with Crippen molar-refractivity contribution in [1.82, 2.24) is 0 Å². The highest BCUT2D eigenvalue weighted by molar-refractivity contribution is 5.78. The Morgan fingerprint density at radius 3 is 2.53 bits per heavy atom. The van der Waals surface area contributed by atoms with E-state index in [2.05, 4.69) is 4.74 Å². The van der Waals surface area contributed by atoms with Gasteiger partial charge in [0.25, 0.3) is 0 Å². The quantitative estimate of drug-likeness (QED) is 0.791. The molecule has 0 amide bonds. The van der Waals surface area contributed by atoms with Gasteiger partial charge < -0.3 is 14.9 Å². The summed E-state index contributed by atoms with van der Waals surface area (Å²) in [6, 6.07) is 3.51. The number of aliphatic carboxylic acids is 1. The number of halogens is 1. The van der Waals surface area contributed by atoms with Gasteiger partial charge in [0.15, 0.2) is 17.2 Å². The summed E-state index contributed by atoms with van der Waals surface area (Å²) in [4.78, 5) is 10.7. The third kappa shape index (κ3) is 2.07. The molecule has 1 aromatic rings. The predicted octanol–water partition coefficient (Wildman–Crippen LogP) is 1.13. The summed E-state index contributed by atoms with van der Waals surface area (Å²) in [5.74, 6) is -2.15. The number of ether oxygens (including phenoxy) is 1. The minimum absolute atomic E-state index is 0.0000567. The van der Waals surface area contributed by atoms with Gasteiger partial charge in [-0.15, -0.1) is 0 Å². The van der Waals surface area contributed by atoms with E-state index in [-0.39, 0.29) is 11.3 Å². The SMILES string of the molecule is COc1ccc(C(C)(O)C(=O)O)cc1F. The van der Waals surface area contributed by atoms with Gasteiger partial charge >= 0.3 is 5.97 Å². The molecule has 15 heavy (non-hydrogen) atoms. The van der Waals surface area contributed by atoms with E-state index in [1.165, 1.54) is 19.2 Å². The summed E-state index contributed by atoms with van der Waals surface area (Å²) in [7, 11) is 1.30. The third-order valence-electron chi connectivity index (χ3n) is 2.13. The molecule has 0 fully saturated rings. The number of rotatable bonds is 3. The average molecular weight is 214 g/mol. The summed E-state index contributed by atoms with van der Waals surface area (Å²) >= 11 is 0. The van der Waals surface area contributed by atoms with E-state index in [4.69, 9.17) is 5.11 Å². The molecule has 4 nitrogen and oxygen atoms in total. The topological polar surface area (TPSA) is 66.8 Å². The Morgan fingerprint density at radius 2 is 2.13 bits per heavy atom. The molecule has 0 heterocycles. The van der Waals surface area contributed by atoms with Gasteiger partial charge in [-0.1, -0.05) is 6.07 Å². The Bertz CT molecular complexity index is 387. The fourth-order valence-electron chi connectivity index (χ4n) is 1.09. The normalized spacial score (nSPS) is 14.4. The highest BCUT2D eigenvalue weighted by Gasteiger charge is 2.32. The van der Waals surface area contributed by atoms with Crippen molar-refractivity contribution < 1.29 is 24.1 Å². The molecule has 0 saturated heterocycles. The lowest BCUT2D eigenvalue weighted by Crippen LogP contribution is -2.31. The maximum Gasteiger partial charge on any atom is 0.340 e. The minimum atomic E-state index is -2.10. The van der Waals surface area contributed by atoms with Crippen molar-refractivity contribution in [2.45, 2.75) is 12.5 Å². The fraction of sp³-hybridized carbons (Fsp3) is 0.300. The van der Waals surface area contributed by atoms with E-state index in [0.717, 1.165) is 13.0 Å². The molecule has 82 valence electrons. The largest absolute Gasteiger partial charge is 0.494 e. The van der Waals surface area contributed by atoms with Gasteiger partial charge in [0.2, 0.25) is 0 Å². The third-order valence-corrected chi connectivity index (χ3v) is 2.13. The number of carboxylic acids is 1. The van der Waals surface area contributed by atoms with E-state index in [0.29, 0.717) is 0 Å². The van der Waals surface area contributed by atoms with Gasteiger partial charge in [0.1, 0.15) is 0 Å². The van der Waals surface area contributed by atoms with Crippen molar-refractivity contribution in [3.05, 3.63) is 29.6 Å². The molecular formula is C10H11FO4. The summed E-state index contributed by atoms with van der Waals surface area (Å²) in [5, 5.41) is 18.3. The first-order chi connectivity index (χ1) is 6.89. The maximum absolute atomic E-state index is 13.2. The van der Waals surface area contributed by atoms with Crippen LogP contribution < -0.4 is 4.74 Å². The van der Waals surface area contributed by atoms with Crippen LogP contribution in [0.4, 0.5) is 4.39 Å². The van der Waals surface area contributed by atoms with Crippen molar-refractivity contribution in [1.29, 1.82) is 0 Å². The number of benzene rings is 1. The van der Waals surface area contributed by atoms with Gasteiger partial charge in [0.05, 0.1) is 7.11 Å². The minimum Gasteiger partial charge on any atom is -0.494 e. The highest BCUT2D eigenvalue weighted by Crippen LogP contribution is 2.25. The molecule has 1 atom stereocenters. The van der Waals surface area contributed by atoms with Crippen molar-refractivity contribution >= 4 is 5.97 Å². The Morgan fingerprint density at radius 1 is 1.53 bits per heavy atom. The Kier molecular flexibility index (Phi) is 2.95. The molecule has 0 saturated carbocycles. The monoisotopic (exact) mass is 214 g/mol. The first-order valence-corrected chi connectivity index (χ1v) is 4.19. The molecule has 1 rings (SSSR count). The summed E-state index contributed by atoms with van der Waals surface area (Å²) < 4.78 is 17.9. The van der Waals surface area contributed by atoms with Gasteiger partial charge in [-0.3, -0.25) is 0 Å². The lowest BCUT2D eigenvalue weighted by Gasteiger charge is -2.18. The number of hydrogen-bond donors (Lipinski definition) is 2. The fourth-order valence-corrected chi connectivity index (χ4v) is 1.09. The second-order valence-electron chi connectivity index (χ2n) is 3.23. The van der Waals surface area contributed by atoms with E-state index >= 15 is 0 Å². The van der Waals surface area contributed by atoms with Gasteiger partial charge in [0, 0.05) is 0 Å². The molecule has 1 aromatic carbocycles. The molecule has 2 N–H and O–H groups in total. The van der Waals surface area contributed by atoms with Crippen molar-refractivity contribution in [3.63, 3.8) is 0 Å². The first kappa shape index (κ1) is 11.5. The van der Waals surface area contributed by atoms with E-state index in [1.54, 1.807) is 0 Å². The van der Waals surface area contributed by atoms with Crippen molar-refractivity contribution in [2.75, 3.05) is 7.11 Å². The van der Waals surface area contributed by atoms with Crippen LogP contribution in [0.5, 0.6) is 5.75 Å². The zero-order valence-electron chi connectivity index (χ0n) is 8.32. The number of hydrogen-bond acceptors (Lipinski definition) is 3. The molecule has 0 aliphatic heterocycles. The lowest BCUT2D eigenvalue weighted by atomic mass is 9.96. The van der Waals surface area contributed by atoms with Crippen LogP contribution in [0.15, 0.2) is 18.2 Å². The number of aliphatic hydroxyl groups is 1.